The van der Waals surface area contributed by atoms with Crippen molar-refractivity contribution in [2.75, 3.05) is 6.54 Å². The Kier molecular flexibility index (Phi) is 5.24. The molecule has 0 aliphatic heterocycles. The van der Waals surface area contributed by atoms with Gasteiger partial charge in [0.15, 0.2) is 0 Å². The van der Waals surface area contributed by atoms with Gasteiger partial charge in [-0.1, -0.05) is 36.4 Å². The minimum atomic E-state index is -0.819. The zero-order valence-corrected chi connectivity index (χ0v) is 13.5. The van der Waals surface area contributed by atoms with Crippen molar-refractivity contribution in [3.8, 4) is 0 Å². The number of amides is 1. The fourth-order valence-corrected chi connectivity index (χ4v) is 3.47. The lowest BCUT2D eigenvalue weighted by molar-refractivity contribution is 0.0934. The van der Waals surface area contributed by atoms with Gasteiger partial charge in [-0.25, -0.2) is 8.78 Å². The molecular weight excluding hydrogens is 308 g/mol. The van der Waals surface area contributed by atoms with Crippen LogP contribution >= 0.6 is 0 Å². The van der Waals surface area contributed by atoms with E-state index in [9.17, 15) is 13.6 Å². The molecule has 3 rings (SSSR count). The number of rotatable bonds is 4. The van der Waals surface area contributed by atoms with E-state index in [4.69, 9.17) is 0 Å². The number of carbonyl (C=O) groups is 1. The van der Waals surface area contributed by atoms with E-state index >= 15 is 0 Å². The van der Waals surface area contributed by atoms with E-state index in [1.165, 1.54) is 11.6 Å². The van der Waals surface area contributed by atoms with E-state index in [2.05, 4.69) is 29.6 Å². The molecule has 1 N–H and O–H groups in total. The largest absolute Gasteiger partial charge is 0.352 e. The molecule has 1 aliphatic rings. The highest BCUT2D eigenvalue weighted by atomic mass is 19.1. The Bertz CT molecular complexity index is 674. The highest BCUT2D eigenvalue weighted by Gasteiger charge is 2.23. The zero-order chi connectivity index (χ0) is 16.9. The summed E-state index contributed by atoms with van der Waals surface area (Å²) in [6, 6.07) is 13.9. The summed E-state index contributed by atoms with van der Waals surface area (Å²) >= 11 is 0. The number of carbonyl (C=O) groups excluding carboxylic acids is 1. The van der Waals surface area contributed by atoms with Crippen molar-refractivity contribution in [3.05, 3.63) is 71.3 Å². The Hall–Kier alpha value is -2.23. The summed E-state index contributed by atoms with van der Waals surface area (Å²) < 4.78 is 27.2. The molecule has 0 bridgehead atoms. The van der Waals surface area contributed by atoms with Crippen LogP contribution in [0.1, 0.15) is 47.5 Å². The molecular formula is C20H21F2NO. The maximum atomic E-state index is 13.6. The fraction of sp³-hybridized carbons (Fsp3) is 0.350. The van der Waals surface area contributed by atoms with Crippen LogP contribution < -0.4 is 5.32 Å². The van der Waals surface area contributed by atoms with Crippen LogP contribution in [0.2, 0.25) is 0 Å². The lowest BCUT2D eigenvalue weighted by Gasteiger charge is -2.29. The van der Waals surface area contributed by atoms with Crippen LogP contribution in [0.3, 0.4) is 0 Å². The van der Waals surface area contributed by atoms with Crippen LogP contribution in [0.4, 0.5) is 8.78 Å². The van der Waals surface area contributed by atoms with Gasteiger partial charge in [0.1, 0.15) is 17.2 Å². The summed E-state index contributed by atoms with van der Waals surface area (Å²) in [4.78, 5) is 12.0. The van der Waals surface area contributed by atoms with Crippen molar-refractivity contribution < 1.29 is 13.6 Å². The van der Waals surface area contributed by atoms with Gasteiger partial charge in [0.25, 0.3) is 5.91 Å². The maximum Gasteiger partial charge on any atom is 0.257 e. The molecule has 126 valence electrons. The highest BCUT2D eigenvalue weighted by Crippen LogP contribution is 2.35. The number of hydrogen-bond acceptors (Lipinski definition) is 1. The van der Waals surface area contributed by atoms with Crippen molar-refractivity contribution in [2.45, 2.75) is 31.6 Å². The third-order valence-electron chi connectivity index (χ3n) is 4.86. The van der Waals surface area contributed by atoms with E-state index in [0.717, 1.165) is 37.8 Å². The first-order valence-electron chi connectivity index (χ1n) is 8.42. The third-order valence-corrected chi connectivity index (χ3v) is 4.86. The van der Waals surface area contributed by atoms with Gasteiger partial charge >= 0.3 is 0 Å². The lowest BCUT2D eigenvalue weighted by Crippen LogP contribution is -2.32. The molecule has 0 atom stereocenters. The van der Waals surface area contributed by atoms with Crippen molar-refractivity contribution in [1.29, 1.82) is 0 Å². The lowest BCUT2D eigenvalue weighted by atomic mass is 9.78. The summed E-state index contributed by atoms with van der Waals surface area (Å²) in [6.07, 6.45) is 4.19. The quantitative estimate of drug-likeness (QED) is 0.868. The van der Waals surface area contributed by atoms with E-state index in [-0.39, 0.29) is 0 Å². The predicted molar refractivity (Wildman–Crippen MR) is 89.8 cm³/mol. The predicted octanol–water partition coefficient (Wildman–Crippen LogP) is 4.67. The van der Waals surface area contributed by atoms with Crippen LogP contribution in [0.25, 0.3) is 0 Å². The minimum absolute atomic E-state index is 0.365. The SMILES string of the molecule is O=C(NCC1CCC(c2ccccc2)CC1)c1c(F)cccc1F. The van der Waals surface area contributed by atoms with Crippen molar-refractivity contribution >= 4 is 5.91 Å². The summed E-state index contributed by atoms with van der Waals surface area (Å²) in [5.41, 5.74) is 0.879. The molecule has 4 heteroatoms. The van der Waals surface area contributed by atoms with Crippen molar-refractivity contribution in [1.82, 2.24) is 5.32 Å². The maximum absolute atomic E-state index is 13.6. The van der Waals surface area contributed by atoms with E-state index < -0.39 is 23.1 Å². The van der Waals surface area contributed by atoms with Crippen molar-refractivity contribution in [2.24, 2.45) is 5.92 Å². The van der Waals surface area contributed by atoms with Crippen LogP contribution in [-0.4, -0.2) is 12.5 Å². The minimum Gasteiger partial charge on any atom is -0.352 e. The Labute approximate surface area is 140 Å². The van der Waals surface area contributed by atoms with Crippen molar-refractivity contribution in [3.63, 3.8) is 0 Å². The average Bonchev–Trinajstić information content (AvgIpc) is 2.61. The van der Waals surface area contributed by atoms with Gasteiger partial charge in [-0.2, -0.15) is 0 Å². The standard InChI is InChI=1S/C20H21F2NO/c21-17-7-4-8-18(22)19(17)20(24)23-13-14-9-11-16(12-10-14)15-5-2-1-3-6-15/h1-8,14,16H,9-13H2,(H,23,24). The molecule has 1 fully saturated rings. The second-order valence-corrected chi connectivity index (χ2v) is 6.44. The average molecular weight is 329 g/mol. The Morgan fingerprint density at radius 2 is 1.54 bits per heavy atom. The molecule has 0 heterocycles. The number of nitrogens with one attached hydrogen (secondary N) is 1. The molecule has 0 spiro atoms. The molecule has 1 amide bonds. The zero-order valence-electron chi connectivity index (χ0n) is 13.5. The van der Waals surface area contributed by atoms with Gasteiger partial charge in [-0.05, 0) is 55.2 Å². The summed E-state index contributed by atoms with van der Waals surface area (Å²) in [5.74, 6) is -1.37. The molecule has 2 aromatic carbocycles. The first-order valence-corrected chi connectivity index (χ1v) is 8.42. The Balaban J connectivity index is 1.51. The molecule has 2 nitrogen and oxygen atoms in total. The topological polar surface area (TPSA) is 29.1 Å². The molecule has 1 saturated carbocycles. The Morgan fingerprint density at radius 1 is 0.917 bits per heavy atom. The van der Waals surface area contributed by atoms with Crippen LogP contribution in [0.5, 0.6) is 0 Å². The molecule has 0 radical (unpaired) electrons. The first-order chi connectivity index (χ1) is 11.6. The van der Waals surface area contributed by atoms with Crippen LogP contribution in [0.15, 0.2) is 48.5 Å². The molecule has 0 unspecified atom stereocenters. The van der Waals surface area contributed by atoms with Crippen LogP contribution in [0, 0.1) is 17.6 Å². The first kappa shape index (κ1) is 16.6. The second-order valence-electron chi connectivity index (χ2n) is 6.44. The third kappa shape index (κ3) is 3.81. The smallest absolute Gasteiger partial charge is 0.257 e. The van der Waals surface area contributed by atoms with Crippen LogP contribution in [-0.2, 0) is 0 Å². The molecule has 24 heavy (non-hydrogen) atoms. The second kappa shape index (κ2) is 7.56. The fourth-order valence-electron chi connectivity index (χ4n) is 3.47. The highest BCUT2D eigenvalue weighted by molar-refractivity contribution is 5.94. The van der Waals surface area contributed by atoms with Gasteiger partial charge in [-0.15, -0.1) is 0 Å². The summed E-state index contributed by atoms with van der Waals surface area (Å²) in [5, 5.41) is 2.69. The molecule has 0 saturated heterocycles. The van der Waals surface area contributed by atoms with E-state index in [0.29, 0.717) is 18.4 Å². The number of benzene rings is 2. The molecule has 1 aliphatic carbocycles. The van der Waals surface area contributed by atoms with Gasteiger partial charge in [0, 0.05) is 6.54 Å². The monoisotopic (exact) mass is 329 g/mol. The van der Waals surface area contributed by atoms with Gasteiger partial charge in [-0.3, -0.25) is 4.79 Å². The van der Waals surface area contributed by atoms with Gasteiger partial charge in [0.2, 0.25) is 0 Å². The molecule has 0 aromatic heterocycles. The molecule has 2 aromatic rings. The summed E-state index contributed by atoms with van der Waals surface area (Å²) in [7, 11) is 0. The van der Waals surface area contributed by atoms with Gasteiger partial charge in [0.05, 0.1) is 0 Å². The number of halogens is 2. The normalized spacial score (nSPS) is 20.6. The van der Waals surface area contributed by atoms with Gasteiger partial charge < -0.3 is 5.32 Å². The summed E-state index contributed by atoms with van der Waals surface area (Å²) in [6.45, 7) is 0.466. The number of hydrogen-bond donors (Lipinski definition) is 1. The van der Waals surface area contributed by atoms with E-state index in [1.807, 2.05) is 6.07 Å². The Morgan fingerprint density at radius 3 is 2.17 bits per heavy atom. The van der Waals surface area contributed by atoms with E-state index in [1.54, 1.807) is 0 Å².